The molecule has 2 aliphatic heterocycles. The van der Waals surface area contributed by atoms with Crippen molar-refractivity contribution in [2.75, 3.05) is 9.80 Å². The maximum absolute atomic E-state index is 7.59. The first-order chi connectivity index (χ1) is 45.2. The average molecular weight is 1300 g/mol. The van der Waals surface area contributed by atoms with Gasteiger partial charge in [-0.05, 0) is 195 Å². The van der Waals surface area contributed by atoms with Crippen LogP contribution in [0.2, 0.25) is 10.0 Å². The number of nitrogens with zero attached hydrogens (tertiary/aromatic N) is 2. The van der Waals surface area contributed by atoms with Crippen molar-refractivity contribution in [3.05, 3.63) is 256 Å². The molecular formula is C90H89BCl2N2O. The van der Waals surface area contributed by atoms with E-state index in [9.17, 15) is 0 Å². The van der Waals surface area contributed by atoms with E-state index in [1.165, 1.54) is 38.8 Å². The number of benzene rings is 11. The Morgan fingerprint density at radius 2 is 0.635 bits per heavy atom. The molecule has 14 rings (SSSR count). The Bertz CT molecular complexity index is 4700. The summed E-state index contributed by atoms with van der Waals surface area (Å²) < 4.78 is 6.62. The monoisotopic (exact) mass is 1290 g/mol. The molecule has 1 aromatic heterocycles. The molecule has 482 valence electrons. The van der Waals surface area contributed by atoms with Gasteiger partial charge < -0.3 is 14.2 Å². The van der Waals surface area contributed by atoms with Crippen LogP contribution in [0.15, 0.2) is 217 Å². The summed E-state index contributed by atoms with van der Waals surface area (Å²) in [6, 6.07) is 80.7. The number of halogens is 2. The number of anilines is 6. The topological polar surface area (TPSA) is 19.6 Å². The van der Waals surface area contributed by atoms with Crippen molar-refractivity contribution in [1.29, 1.82) is 0 Å². The van der Waals surface area contributed by atoms with Crippen molar-refractivity contribution in [2.45, 2.75) is 157 Å². The lowest BCUT2D eigenvalue weighted by Crippen LogP contribution is -2.61. The van der Waals surface area contributed by atoms with E-state index < -0.39 is 0 Å². The Balaban J connectivity index is 1.21. The van der Waals surface area contributed by atoms with E-state index in [1.807, 2.05) is 0 Å². The van der Waals surface area contributed by atoms with Gasteiger partial charge in [0, 0.05) is 65.8 Å². The second-order valence-electron chi connectivity index (χ2n) is 33.4. The van der Waals surface area contributed by atoms with Gasteiger partial charge in [0.15, 0.2) is 0 Å². The molecule has 2 aliphatic rings. The molecule has 3 heterocycles. The number of furan rings is 1. The van der Waals surface area contributed by atoms with Gasteiger partial charge in [0.1, 0.15) is 11.2 Å². The van der Waals surface area contributed by atoms with Crippen LogP contribution in [0, 0.1) is 0 Å². The highest BCUT2D eigenvalue weighted by Gasteiger charge is 2.46. The van der Waals surface area contributed by atoms with Gasteiger partial charge >= 0.3 is 0 Å². The van der Waals surface area contributed by atoms with Gasteiger partial charge in [0.2, 0.25) is 0 Å². The summed E-state index contributed by atoms with van der Waals surface area (Å²) in [5.74, 6) is 0. The quantitative estimate of drug-likeness (QED) is 0.148. The molecule has 0 bridgehead atoms. The number of rotatable bonds is 7. The number of hydrogen-bond donors (Lipinski definition) is 0. The van der Waals surface area contributed by atoms with E-state index in [2.05, 4.69) is 347 Å². The van der Waals surface area contributed by atoms with Crippen molar-refractivity contribution >= 4 is 102 Å². The van der Waals surface area contributed by atoms with Crippen LogP contribution < -0.4 is 26.2 Å². The van der Waals surface area contributed by atoms with Crippen LogP contribution >= 0.6 is 23.2 Å². The largest absolute Gasteiger partial charge is 0.456 e. The Morgan fingerprint density at radius 3 is 1.00 bits per heavy atom. The lowest BCUT2D eigenvalue weighted by Gasteiger charge is -2.46. The van der Waals surface area contributed by atoms with Gasteiger partial charge in [-0.15, -0.1) is 0 Å². The fraction of sp³-hybridized carbons (Fsp3) is 0.267. The molecule has 0 unspecified atom stereocenters. The molecule has 0 N–H and O–H groups in total. The zero-order chi connectivity index (χ0) is 68.1. The Morgan fingerprint density at radius 1 is 0.281 bits per heavy atom. The molecule has 0 fully saturated rings. The molecule has 0 amide bonds. The number of fused-ring (bicyclic) bond motifs is 7. The van der Waals surface area contributed by atoms with Crippen molar-refractivity contribution in [3.8, 4) is 55.6 Å². The van der Waals surface area contributed by atoms with Crippen LogP contribution in [-0.4, -0.2) is 6.71 Å². The first-order valence-electron chi connectivity index (χ1n) is 34.3. The minimum atomic E-state index is -0.264. The maximum Gasteiger partial charge on any atom is 0.252 e. The first kappa shape index (κ1) is 64.8. The van der Waals surface area contributed by atoms with Crippen LogP contribution in [0.3, 0.4) is 0 Å². The molecule has 0 aliphatic carbocycles. The maximum atomic E-state index is 7.59. The van der Waals surface area contributed by atoms with E-state index in [1.54, 1.807) is 0 Å². The Labute approximate surface area is 581 Å². The predicted molar refractivity (Wildman–Crippen MR) is 417 cm³/mol. The molecule has 96 heavy (non-hydrogen) atoms. The SMILES string of the molecule is CC(C)(C)c1cccc(-c2cc(C(C)(C)C)cc(-c3cccc(C(C)(C)C)c3)c2N2c3cc(Cl)ccc3B3c4ccc(Cl)cc4N(c4c(-c5cccc(C(C)(C)C)c5)cc(C(C)(C)C)cc4-c4cccc(C(C)(C)C)c4)c4cc(-c5ccc6oc7ccccc7c6c5)cc2c43)c1. The van der Waals surface area contributed by atoms with Gasteiger partial charge in [0.05, 0.1) is 11.4 Å². The summed E-state index contributed by atoms with van der Waals surface area (Å²) in [5.41, 5.74) is 29.4. The minimum Gasteiger partial charge on any atom is -0.456 e. The van der Waals surface area contributed by atoms with Crippen LogP contribution in [-0.2, 0) is 32.5 Å². The second-order valence-corrected chi connectivity index (χ2v) is 34.3. The van der Waals surface area contributed by atoms with Gasteiger partial charge in [-0.25, -0.2) is 0 Å². The van der Waals surface area contributed by atoms with Crippen molar-refractivity contribution < 1.29 is 4.42 Å². The molecule has 0 atom stereocenters. The van der Waals surface area contributed by atoms with E-state index in [-0.39, 0.29) is 39.2 Å². The van der Waals surface area contributed by atoms with Gasteiger partial charge in [-0.1, -0.05) is 281 Å². The fourth-order valence-electron chi connectivity index (χ4n) is 14.6. The minimum absolute atomic E-state index is 0.125. The molecule has 11 aromatic carbocycles. The molecule has 0 radical (unpaired) electrons. The lowest BCUT2D eigenvalue weighted by atomic mass is 9.33. The second kappa shape index (κ2) is 23.1. The highest BCUT2D eigenvalue weighted by Crippen LogP contribution is 2.56. The molecule has 0 saturated carbocycles. The van der Waals surface area contributed by atoms with Crippen molar-refractivity contribution in [2.24, 2.45) is 0 Å². The summed E-state index contributed by atoms with van der Waals surface area (Å²) in [6.07, 6.45) is 0. The van der Waals surface area contributed by atoms with E-state index in [4.69, 9.17) is 27.6 Å². The number of para-hydroxylation sites is 1. The molecule has 0 saturated heterocycles. The van der Waals surface area contributed by atoms with Crippen LogP contribution in [0.5, 0.6) is 0 Å². The smallest absolute Gasteiger partial charge is 0.252 e. The van der Waals surface area contributed by atoms with E-state index in [0.717, 1.165) is 123 Å². The summed E-state index contributed by atoms with van der Waals surface area (Å²) in [6.45, 7) is 41.6. The molecule has 0 spiro atoms. The summed E-state index contributed by atoms with van der Waals surface area (Å²) in [7, 11) is 0. The zero-order valence-corrected chi connectivity index (χ0v) is 60.9. The zero-order valence-electron chi connectivity index (χ0n) is 59.3. The lowest BCUT2D eigenvalue weighted by molar-refractivity contribution is 0.589. The standard InChI is InChI=1S/C90H89BCl2N2O/c1-85(2,3)60-29-21-25-55(41-60)69-48-64(89(13,14)15)49-70(56-26-22-30-61(42-56)86(4,5)6)83(69)94-76-52-66(92)36-38-74(76)91-75-39-37-67(93)53-77(75)95(79-47-59(46-78(94)82(79)91)54-35-40-81-73(45-54)68-33-19-20-34-80(68)96-81)84-71(57-27-23-31-62(43-57)87(7,8)9)50-65(90(16,17)18)51-72(84)58-28-24-32-63(44-58)88(10,11)12/h19-53H,1-18H3. The summed E-state index contributed by atoms with van der Waals surface area (Å²) >= 11 is 15.2. The van der Waals surface area contributed by atoms with Crippen molar-refractivity contribution in [3.63, 3.8) is 0 Å². The molecular weight excluding hydrogens is 1210 g/mol. The Kier molecular flexibility index (Phi) is 15.6. The molecule has 12 aromatic rings. The third-order valence-corrected chi connectivity index (χ3v) is 20.7. The van der Waals surface area contributed by atoms with E-state index >= 15 is 0 Å². The molecule has 6 heteroatoms. The van der Waals surface area contributed by atoms with Crippen LogP contribution in [0.1, 0.15) is 158 Å². The van der Waals surface area contributed by atoms with Crippen molar-refractivity contribution in [1.82, 2.24) is 0 Å². The molecule has 3 nitrogen and oxygen atoms in total. The van der Waals surface area contributed by atoms with Gasteiger partial charge in [-0.3, -0.25) is 0 Å². The van der Waals surface area contributed by atoms with Gasteiger partial charge in [0.25, 0.3) is 6.71 Å². The Hall–Kier alpha value is -8.54. The third-order valence-electron chi connectivity index (χ3n) is 20.3. The fourth-order valence-corrected chi connectivity index (χ4v) is 14.9. The highest BCUT2D eigenvalue weighted by molar-refractivity contribution is 7.00. The van der Waals surface area contributed by atoms with Crippen LogP contribution in [0.4, 0.5) is 34.1 Å². The first-order valence-corrected chi connectivity index (χ1v) is 35.0. The number of hydrogen-bond acceptors (Lipinski definition) is 3. The van der Waals surface area contributed by atoms with Crippen LogP contribution in [0.25, 0.3) is 77.6 Å². The average Bonchev–Trinajstić information content (AvgIpc) is 0.785. The third kappa shape index (κ3) is 11.6. The summed E-state index contributed by atoms with van der Waals surface area (Å²) in [5, 5.41) is 3.46. The highest BCUT2D eigenvalue weighted by atomic mass is 35.5. The predicted octanol–water partition coefficient (Wildman–Crippen LogP) is 25.1. The van der Waals surface area contributed by atoms with Gasteiger partial charge in [-0.2, -0.15) is 0 Å². The van der Waals surface area contributed by atoms with E-state index in [0.29, 0.717) is 10.0 Å². The normalized spacial score (nSPS) is 13.6. The summed E-state index contributed by atoms with van der Waals surface area (Å²) in [4.78, 5) is 5.25.